The Morgan fingerprint density at radius 2 is 2.05 bits per heavy atom. The van der Waals surface area contributed by atoms with Gasteiger partial charge in [0.2, 0.25) is 0 Å². The van der Waals surface area contributed by atoms with Gasteiger partial charge in [-0.05, 0) is 33.6 Å². The predicted octanol–water partition coefficient (Wildman–Crippen LogP) is 2.57. The number of hydrogen-bond acceptors (Lipinski definition) is 5. The molecule has 0 amide bonds. The second-order valence-electron chi connectivity index (χ2n) is 5.30. The fourth-order valence-corrected chi connectivity index (χ4v) is 2.21. The molecule has 0 radical (unpaired) electrons. The summed E-state index contributed by atoms with van der Waals surface area (Å²) in [6.45, 7) is 9.41. The van der Waals surface area contributed by atoms with Gasteiger partial charge in [0.25, 0.3) is 0 Å². The van der Waals surface area contributed by atoms with Gasteiger partial charge in [-0.15, -0.1) is 0 Å². The Morgan fingerprint density at radius 3 is 2.65 bits per heavy atom. The fraction of sp³-hybridized carbons (Fsp3) is 0.733. The number of nitrogens with one attached hydrogen (secondary N) is 1. The highest BCUT2D eigenvalue weighted by molar-refractivity contribution is 5.58. The largest absolute Gasteiger partial charge is 0.380 e. The number of rotatable bonds is 8. The van der Waals surface area contributed by atoms with Crippen LogP contribution in [0.3, 0.4) is 0 Å². The molecule has 1 fully saturated rings. The van der Waals surface area contributed by atoms with Crippen LogP contribution in [0.4, 0.5) is 11.6 Å². The van der Waals surface area contributed by atoms with E-state index in [9.17, 15) is 0 Å². The molecule has 1 aromatic rings. The summed E-state index contributed by atoms with van der Waals surface area (Å²) in [5.74, 6) is 3.55. The Morgan fingerprint density at radius 1 is 1.30 bits per heavy atom. The lowest BCUT2D eigenvalue weighted by Crippen LogP contribution is -2.25. The van der Waals surface area contributed by atoms with E-state index in [2.05, 4.69) is 36.1 Å². The van der Waals surface area contributed by atoms with Crippen molar-refractivity contribution in [3.05, 3.63) is 11.4 Å². The molecule has 5 nitrogen and oxygen atoms in total. The summed E-state index contributed by atoms with van der Waals surface area (Å²) >= 11 is 0. The van der Waals surface area contributed by atoms with Crippen LogP contribution in [0.5, 0.6) is 0 Å². The molecule has 1 N–H and O–H groups in total. The highest BCUT2D eigenvalue weighted by Gasteiger charge is 2.28. The van der Waals surface area contributed by atoms with Gasteiger partial charge in [0.05, 0.1) is 6.61 Å². The van der Waals surface area contributed by atoms with Crippen molar-refractivity contribution in [2.75, 3.05) is 43.6 Å². The highest BCUT2D eigenvalue weighted by atomic mass is 16.5. The monoisotopic (exact) mass is 278 g/mol. The molecule has 1 aliphatic carbocycles. The summed E-state index contributed by atoms with van der Waals surface area (Å²) in [6, 6.07) is 0. The predicted molar refractivity (Wildman–Crippen MR) is 82.7 cm³/mol. The van der Waals surface area contributed by atoms with Gasteiger partial charge >= 0.3 is 0 Å². The summed E-state index contributed by atoms with van der Waals surface area (Å²) in [4.78, 5) is 11.6. The number of hydrogen-bond donors (Lipinski definition) is 1. The number of aromatic nitrogens is 2. The Hall–Kier alpha value is -1.36. The van der Waals surface area contributed by atoms with E-state index in [0.29, 0.717) is 5.92 Å². The average molecular weight is 278 g/mol. The first-order valence-electron chi connectivity index (χ1n) is 7.58. The van der Waals surface area contributed by atoms with Crippen LogP contribution >= 0.6 is 0 Å². The second-order valence-corrected chi connectivity index (χ2v) is 5.30. The molecule has 0 bridgehead atoms. The van der Waals surface area contributed by atoms with E-state index >= 15 is 0 Å². The first kappa shape index (κ1) is 15.0. The van der Waals surface area contributed by atoms with Gasteiger partial charge in [-0.25, -0.2) is 9.97 Å². The van der Waals surface area contributed by atoms with Crippen molar-refractivity contribution in [3.8, 4) is 0 Å². The van der Waals surface area contributed by atoms with Gasteiger partial charge in [0.1, 0.15) is 17.5 Å². The third-order valence-electron chi connectivity index (χ3n) is 3.56. The number of anilines is 2. The van der Waals surface area contributed by atoms with E-state index in [4.69, 9.17) is 9.72 Å². The van der Waals surface area contributed by atoms with Crippen LogP contribution in [-0.4, -0.2) is 43.3 Å². The van der Waals surface area contributed by atoms with E-state index < -0.39 is 0 Å². The van der Waals surface area contributed by atoms with E-state index in [1.807, 2.05) is 6.92 Å². The summed E-state index contributed by atoms with van der Waals surface area (Å²) in [5.41, 5.74) is 1.12. The lowest BCUT2D eigenvalue weighted by atomic mass is 10.2. The lowest BCUT2D eigenvalue weighted by Gasteiger charge is -2.22. The van der Waals surface area contributed by atoms with Crippen LogP contribution in [0, 0.1) is 6.92 Å². The molecule has 5 heteroatoms. The molecule has 1 aliphatic rings. The summed E-state index contributed by atoms with van der Waals surface area (Å²) in [7, 11) is 2.07. The lowest BCUT2D eigenvalue weighted by molar-refractivity contribution is 0.154. The molecule has 0 unspecified atom stereocenters. The van der Waals surface area contributed by atoms with Crippen LogP contribution in [0.1, 0.15) is 44.0 Å². The zero-order valence-electron chi connectivity index (χ0n) is 13.1. The van der Waals surface area contributed by atoms with E-state index in [-0.39, 0.29) is 0 Å². The minimum Gasteiger partial charge on any atom is -0.380 e. The van der Waals surface area contributed by atoms with Crippen molar-refractivity contribution in [2.24, 2.45) is 0 Å². The van der Waals surface area contributed by atoms with Gasteiger partial charge in [0.15, 0.2) is 0 Å². The number of likely N-dealkylation sites (N-methyl/N-ethyl adjacent to an activating group) is 1. The van der Waals surface area contributed by atoms with Crippen LogP contribution in [0.25, 0.3) is 0 Å². The highest BCUT2D eigenvalue weighted by Crippen LogP contribution is 2.39. The SMILES string of the molecule is CCNc1nc(C2CC2)nc(N(C)CCOCC)c1C. The average Bonchev–Trinajstić information content (AvgIpc) is 3.26. The van der Waals surface area contributed by atoms with Crippen molar-refractivity contribution in [1.29, 1.82) is 0 Å². The van der Waals surface area contributed by atoms with Gasteiger partial charge < -0.3 is 15.0 Å². The fourth-order valence-electron chi connectivity index (χ4n) is 2.21. The van der Waals surface area contributed by atoms with Crippen molar-refractivity contribution in [3.63, 3.8) is 0 Å². The zero-order valence-corrected chi connectivity index (χ0v) is 13.1. The van der Waals surface area contributed by atoms with Gasteiger partial charge in [0, 0.05) is 38.2 Å². The Labute approximate surface area is 121 Å². The van der Waals surface area contributed by atoms with E-state index in [1.165, 1.54) is 12.8 Å². The molecule has 20 heavy (non-hydrogen) atoms. The summed E-state index contributed by atoms with van der Waals surface area (Å²) < 4.78 is 5.43. The van der Waals surface area contributed by atoms with E-state index in [0.717, 1.165) is 49.3 Å². The maximum Gasteiger partial charge on any atom is 0.137 e. The first-order chi connectivity index (χ1) is 9.67. The first-order valence-corrected chi connectivity index (χ1v) is 7.58. The van der Waals surface area contributed by atoms with Gasteiger partial charge in [-0.2, -0.15) is 0 Å². The molecule has 112 valence electrons. The molecule has 0 atom stereocenters. The number of ether oxygens (including phenoxy) is 1. The van der Waals surface area contributed by atoms with Crippen LogP contribution in [0.15, 0.2) is 0 Å². The summed E-state index contributed by atoms with van der Waals surface area (Å²) in [6.07, 6.45) is 2.44. The Balaban J connectivity index is 2.20. The summed E-state index contributed by atoms with van der Waals surface area (Å²) in [5, 5.41) is 3.35. The normalized spacial score (nSPS) is 14.4. The smallest absolute Gasteiger partial charge is 0.137 e. The minimum atomic E-state index is 0.562. The molecule has 0 saturated heterocycles. The topological polar surface area (TPSA) is 50.3 Å². The molecule has 1 aromatic heterocycles. The maximum absolute atomic E-state index is 5.43. The second kappa shape index (κ2) is 6.88. The van der Waals surface area contributed by atoms with E-state index in [1.54, 1.807) is 0 Å². The van der Waals surface area contributed by atoms with Crippen molar-refractivity contribution in [2.45, 2.75) is 39.5 Å². The van der Waals surface area contributed by atoms with Crippen LogP contribution in [-0.2, 0) is 4.74 Å². The van der Waals surface area contributed by atoms with Gasteiger partial charge in [-0.1, -0.05) is 0 Å². The standard InChI is InChI=1S/C15H26N4O/c1-5-16-13-11(3)15(19(4)9-10-20-6-2)18-14(17-13)12-7-8-12/h12H,5-10H2,1-4H3,(H,16,17,18). The molecule has 1 saturated carbocycles. The molecular formula is C15H26N4O. The molecule has 2 rings (SSSR count). The molecular weight excluding hydrogens is 252 g/mol. The Kier molecular flexibility index (Phi) is 5.17. The van der Waals surface area contributed by atoms with Crippen molar-refractivity contribution < 1.29 is 4.74 Å². The third-order valence-corrected chi connectivity index (χ3v) is 3.56. The maximum atomic E-state index is 5.43. The molecule has 0 spiro atoms. The van der Waals surface area contributed by atoms with Crippen molar-refractivity contribution in [1.82, 2.24) is 9.97 Å². The number of nitrogens with zero attached hydrogens (tertiary/aromatic N) is 3. The molecule has 1 heterocycles. The quantitative estimate of drug-likeness (QED) is 0.741. The Bertz CT molecular complexity index is 446. The molecule has 0 aliphatic heterocycles. The molecule has 0 aromatic carbocycles. The van der Waals surface area contributed by atoms with Crippen LogP contribution in [0.2, 0.25) is 0 Å². The minimum absolute atomic E-state index is 0.562. The zero-order chi connectivity index (χ0) is 14.5. The van der Waals surface area contributed by atoms with Crippen molar-refractivity contribution >= 4 is 11.6 Å². The third kappa shape index (κ3) is 3.60. The van der Waals surface area contributed by atoms with Crippen LogP contribution < -0.4 is 10.2 Å². The van der Waals surface area contributed by atoms with Gasteiger partial charge in [-0.3, -0.25) is 0 Å².